The number of nitrogens with one attached hydrogen (secondary N) is 2. The fraction of sp³-hybridized carbons (Fsp3) is 0.417. The molecule has 3 aromatic heterocycles. The lowest BCUT2D eigenvalue weighted by molar-refractivity contribution is -0.192. The molecular weight excluding hydrogens is 526 g/mol. The molecule has 15 heteroatoms. The lowest BCUT2D eigenvalue weighted by atomic mass is 10.1. The van der Waals surface area contributed by atoms with Gasteiger partial charge in [-0.2, -0.15) is 13.2 Å². The van der Waals surface area contributed by atoms with Crippen molar-refractivity contribution in [2.45, 2.75) is 31.6 Å². The predicted octanol–water partition coefficient (Wildman–Crippen LogP) is 2.58. The van der Waals surface area contributed by atoms with Crippen molar-refractivity contribution in [1.82, 2.24) is 19.7 Å². The molecule has 0 aliphatic carbocycles. The van der Waals surface area contributed by atoms with Crippen LogP contribution in [0.1, 0.15) is 11.3 Å². The lowest BCUT2D eigenvalue weighted by Crippen LogP contribution is -2.63. The van der Waals surface area contributed by atoms with Crippen LogP contribution in [-0.4, -0.2) is 82.6 Å². The first-order valence-corrected chi connectivity index (χ1v) is 12.1. The summed E-state index contributed by atoms with van der Waals surface area (Å²) in [5, 5.41) is 13.4. The molecule has 3 aliphatic heterocycles. The lowest BCUT2D eigenvalue weighted by Gasteiger charge is -2.43. The van der Waals surface area contributed by atoms with Crippen molar-refractivity contribution in [3.8, 4) is 0 Å². The highest BCUT2D eigenvalue weighted by Crippen LogP contribution is 2.35. The molecule has 3 aliphatic rings. The number of hydrogen-bond donors (Lipinski definition) is 3. The quantitative estimate of drug-likeness (QED) is 0.416. The number of ether oxygens (including phenoxy) is 1. The van der Waals surface area contributed by atoms with Gasteiger partial charge in [0.1, 0.15) is 11.5 Å². The van der Waals surface area contributed by atoms with Crippen LogP contribution in [0.2, 0.25) is 0 Å². The molecule has 2 amide bonds. The molecule has 11 nitrogen and oxygen atoms in total. The van der Waals surface area contributed by atoms with Gasteiger partial charge in [0.2, 0.25) is 0 Å². The summed E-state index contributed by atoms with van der Waals surface area (Å²) < 4.78 is 53.7. The maximum Gasteiger partial charge on any atom is 0.490 e. The number of halogens is 4. The van der Waals surface area contributed by atoms with E-state index in [-0.39, 0.29) is 5.69 Å². The number of aliphatic carboxylic acids is 1. The number of carbonyl (C=O) groups is 2. The average Bonchev–Trinajstić information content (AvgIpc) is 3.46. The molecule has 2 atom stereocenters. The Hall–Kier alpha value is -3.98. The summed E-state index contributed by atoms with van der Waals surface area (Å²) in [6, 6.07) is 3.56. The monoisotopic (exact) mass is 551 g/mol. The number of pyridine rings is 2. The number of carboxylic acid groups (broad SMARTS) is 1. The van der Waals surface area contributed by atoms with E-state index >= 15 is 0 Å². The van der Waals surface area contributed by atoms with E-state index in [2.05, 4.69) is 25.5 Å². The Morgan fingerprint density at radius 3 is 2.56 bits per heavy atom. The van der Waals surface area contributed by atoms with Gasteiger partial charge < -0.3 is 29.8 Å². The number of morpholine rings is 1. The minimum atomic E-state index is -5.08. The fourth-order valence-electron chi connectivity index (χ4n) is 4.98. The van der Waals surface area contributed by atoms with E-state index in [0.29, 0.717) is 49.7 Å². The second kappa shape index (κ2) is 10.3. The third-order valence-corrected chi connectivity index (χ3v) is 6.57. The number of urea groups is 1. The Balaban J connectivity index is 0.000000392. The molecule has 0 spiro atoms. The number of carbonyl (C=O) groups excluding carboxylic acids is 1. The van der Waals surface area contributed by atoms with Crippen molar-refractivity contribution >= 4 is 34.8 Å². The molecule has 208 valence electrons. The van der Waals surface area contributed by atoms with E-state index < -0.39 is 24.0 Å². The molecular formula is C24H25F4N7O4. The van der Waals surface area contributed by atoms with Gasteiger partial charge in [-0.05, 0) is 19.4 Å². The Kier molecular flexibility index (Phi) is 7.03. The normalized spacial score (nSPS) is 20.3. The molecule has 6 heterocycles. The van der Waals surface area contributed by atoms with E-state index in [9.17, 15) is 22.4 Å². The molecule has 2 bridgehead atoms. The number of imidazole rings is 1. The number of hydrogen-bond acceptors (Lipinski definition) is 7. The zero-order valence-corrected chi connectivity index (χ0v) is 20.7. The van der Waals surface area contributed by atoms with Crippen molar-refractivity contribution < 1.29 is 37.0 Å². The van der Waals surface area contributed by atoms with E-state index in [4.69, 9.17) is 14.6 Å². The largest absolute Gasteiger partial charge is 0.490 e. The second-order valence-corrected chi connectivity index (χ2v) is 9.45. The number of carboxylic acids is 1. The maximum atomic E-state index is 14.6. The first-order valence-electron chi connectivity index (χ1n) is 12.1. The minimum Gasteiger partial charge on any atom is -0.475 e. The number of aromatic nitrogens is 3. The molecule has 2 fully saturated rings. The van der Waals surface area contributed by atoms with Gasteiger partial charge in [0.25, 0.3) is 0 Å². The zero-order chi connectivity index (χ0) is 27.9. The summed E-state index contributed by atoms with van der Waals surface area (Å²) >= 11 is 0. The number of anilines is 3. The van der Waals surface area contributed by atoms with Gasteiger partial charge >= 0.3 is 18.2 Å². The van der Waals surface area contributed by atoms with Crippen molar-refractivity contribution in [1.29, 1.82) is 0 Å². The highest BCUT2D eigenvalue weighted by molar-refractivity contribution is 6.03. The Bertz CT molecular complexity index is 1400. The Morgan fingerprint density at radius 2 is 1.90 bits per heavy atom. The highest BCUT2D eigenvalue weighted by Gasteiger charge is 2.38. The summed E-state index contributed by atoms with van der Waals surface area (Å²) in [6.07, 6.45) is 0.709. The van der Waals surface area contributed by atoms with E-state index in [0.717, 1.165) is 30.0 Å². The van der Waals surface area contributed by atoms with Gasteiger partial charge in [0, 0.05) is 67.6 Å². The predicted molar refractivity (Wildman–Crippen MR) is 132 cm³/mol. The van der Waals surface area contributed by atoms with Crippen LogP contribution < -0.4 is 20.4 Å². The van der Waals surface area contributed by atoms with Gasteiger partial charge in [-0.3, -0.25) is 4.90 Å². The zero-order valence-electron chi connectivity index (χ0n) is 20.7. The molecule has 0 saturated carbocycles. The smallest absolute Gasteiger partial charge is 0.475 e. The second-order valence-electron chi connectivity index (χ2n) is 9.45. The van der Waals surface area contributed by atoms with Crippen LogP contribution >= 0.6 is 0 Å². The number of fused-ring (bicyclic) bond motifs is 4. The van der Waals surface area contributed by atoms with Crippen LogP contribution in [0.15, 0.2) is 30.7 Å². The van der Waals surface area contributed by atoms with E-state index in [1.165, 1.54) is 6.07 Å². The molecule has 0 radical (unpaired) electrons. The molecule has 0 aromatic carbocycles. The van der Waals surface area contributed by atoms with E-state index in [1.54, 1.807) is 27.9 Å². The van der Waals surface area contributed by atoms with Crippen LogP contribution in [0.5, 0.6) is 0 Å². The van der Waals surface area contributed by atoms with Gasteiger partial charge in [-0.15, -0.1) is 0 Å². The van der Waals surface area contributed by atoms with Gasteiger partial charge in [-0.1, -0.05) is 0 Å². The van der Waals surface area contributed by atoms with Crippen LogP contribution in [-0.2, 0) is 16.0 Å². The standard InChI is InChI=1S/C22H24FN7O2.C2HF3O2/c1-13-7-29-10-18(17(23)6-20(29)25-13)27-22(31)30-5-3-16-19(2-4-24-21(16)30)28-8-14-11-32-12-15(9-28)26-14;3-2(4,5)1(6)7/h2,4,6-7,10,14-15,26H,3,5,8-9,11-12H2,1H3,(H,27,31);(H,6,7). The van der Waals surface area contributed by atoms with Gasteiger partial charge in [-0.25, -0.2) is 23.9 Å². The molecule has 2 saturated heterocycles. The van der Waals surface area contributed by atoms with E-state index in [1.807, 2.05) is 13.0 Å². The maximum absolute atomic E-state index is 14.6. The SMILES string of the molecule is Cc1cn2cc(NC(=O)N3CCc4c(N5CC6COCC(C5)N6)ccnc43)c(F)cc2n1.O=C(O)C(F)(F)F. The van der Waals surface area contributed by atoms with Crippen LogP contribution in [0, 0.1) is 12.7 Å². The summed E-state index contributed by atoms with van der Waals surface area (Å²) in [5.41, 5.74) is 3.57. The molecule has 3 N–H and O–H groups in total. The van der Waals surface area contributed by atoms with Gasteiger partial charge in [0.15, 0.2) is 5.82 Å². The summed E-state index contributed by atoms with van der Waals surface area (Å²) in [6.45, 7) is 5.47. The first-order chi connectivity index (χ1) is 18.5. The topological polar surface area (TPSA) is 124 Å². The number of alkyl halides is 3. The summed E-state index contributed by atoms with van der Waals surface area (Å²) in [5.74, 6) is -2.64. The molecule has 2 unspecified atom stereocenters. The third-order valence-electron chi connectivity index (χ3n) is 6.57. The minimum absolute atomic E-state index is 0.111. The van der Waals surface area contributed by atoms with Crippen molar-refractivity contribution in [2.75, 3.05) is 48.0 Å². The Labute approximate surface area is 219 Å². The molecule has 6 rings (SSSR count). The van der Waals surface area contributed by atoms with Crippen molar-refractivity contribution in [3.05, 3.63) is 47.8 Å². The highest BCUT2D eigenvalue weighted by atomic mass is 19.4. The van der Waals surface area contributed by atoms with Crippen LogP contribution in [0.25, 0.3) is 5.65 Å². The average molecular weight is 552 g/mol. The Morgan fingerprint density at radius 1 is 1.21 bits per heavy atom. The molecule has 39 heavy (non-hydrogen) atoms. The van der Waals surface area contributed by atoms with Crippen LogP contribution in [0.4, 0.5) is 39.5 Å². The van der Waals surface area contributed by atoms with Gasteiger partial charge in [0.05, 0.1) is 24.6 Å². The summed E-state index contributed by atoms with van der Waals surface area (Å²) in [7, 11) is 0. The molecule has 3 aromatic rings. The van der Waals surface area contributed by atoms with Crippen molar-refractivity contribution in [3.63, 3.8) is 0 Å². The van der Waals surface area contributed by atoms with Crippen LogP contribution in [0.3, 0.4) is 0 Å². The number of amides is 2. The number of piperazine rings is 1. The van der Waals surface area contributed by atoms with Crippen molar-refractivity contribution in [2.24, 2.45) is 0 Å². The summed E-state index contributed by atoms with van der Waals surface area (Å²) in [4.78, 5) is 34.7. The first kappa shape index (κ1) is 26.6. The fourth-order valence-corrected chi connectivity index (χ4v) is 4.98. The third kappa shape index (κ3) is 5.59. The number of rotatable bonds is 2. The number of nitrogens with zero attached hydrogens (tertiary/aromatic N) is 5. The number of aryl methyl sites for hydroxylation is 1.